The van der Waals surface area contributed by atoms with Crippen molar-refractivity contribution in [3.8, 4) is 0 Å². The Morgan fingerprint density at radius 1 is 1.42 bits per heavy atom. The van der Waals surface area contributed by atoms with E-state index in [1.807, 2.05) is 29.0 Å². The average Bonchev–Trinajstić information content (AvgIpc) is 3.00. The fourth-order valence-corrected chi connectivity index (χ4v) is 2.23. The number of carbonyl (C=O) groups is 1. The van der Waals surface area contributed by atoms with Crippen LogP contribution in [0.3, 0.4) is 0 Å². The highest BCUT2D eigenvalue weighted by Gasteiger charge is 2.39. The smallest absolute Gasteiger partial charge is 0.230 e. The molecule has 1 aliphatic carbocycles. The van der Waals surface area contributed by atoms with Crippen LogP contribution in [-0.2, 0) is 11.3 Å². The lowest BCUT2D eigenvalue weighted by atomic mass is 10.2. The number of amides is 1. The third-order valence-electron chi connectivity index (χ3n) is 3.59. The van der Waals surface area contributed by atoms with Gasteiger partial charge in [0.05, 0.1) is 6.54 Å². The highest BCUT2D eigenvalue weighted by Crippen LogP contribution is 2.38. The molecule has 98 valence electrons. The van der Waals surface area contributed by atoms with E-state index in [1.54, 1.807) is 6.20 Å². The second kappa shape index (κ2) is 4.88. The van der Waals surface area contributed by atoms with Crippen molar-refractivity contribution in [1.82, 2.24) is 9.55 Å². The average molecular weight is 255 g/mol. The van der Waals surface area contributed by atoms with Gasteiger partial charge in [-0.3, -0.25) is 10.1 Å². The Kier molecular flexibility index (Phi) is 3.07. The monoisotopic (exact) mass is 255 g/mol. The van der Waals surface area contributed by atoms with Crippen LogP contribution in [0.4, 0.5) is 5.95 Å². The molecule has 1 saturated carbocycles. The molecule has 1 aromatic carbocycles. The maximum absolute atomic E-state index is 11.9. The van der Waals surface area contributed by atoms with Crippen LogP contribution in [0.1, 0.15) is 18.9 Å². The third-order valence-corrected chi connectivity index (χ3v) is 3.59. The molecule has 19 heavy (non-hydrogen) atoms. The molecule has 4 heteroatoms. The van der Waals surface area contributed by atoms with Gasteiger partial charge >= 0.3 is 0 Å². The second-order valence-corrected chi connectivity index (χ2v) is 5.17. The molecule has 0 bridgehead atoms. The molecule has 1 N–H and O–H groups in total. The molecule has 4 nitrogen and oxygen atoms in total. The SMILES string of the molecule is C[C@H]1C[C@@H]1C(=O)Nc1nccn1Cc1ccccc1. The quantitative estimate of drug-likeness (QED) is 0.912. The van der Waals surface area contributed by atoms with E-state index in [-0.39, 0.29) is 11.8 Å². The van der Waals surface area contributed by atoms with Crippen LogP contribution >= 0.6 is 0 Å². The van der Waals surface area contributed by atoms with Gasteiger partial charge in [0.25, 0.3) is 0 Å². The molecule has 3 rings (SSSR count). The first-order valence-electron chi connectivity index (χ1n) is 6.60. The van der Waals surface area contributed by atoms with Gasteiger partial charge in [-0.15, -0.1) is 0 Å². The molecule has 1 aliphatic rings. The van der Waals surface area contributed by atoms with E-state index < -0.39 is 0 Å². The summed E-state index contributed by atoms with van der Waals surface area (Å²) in [6, 6.07) is 10.1. The van der Waals surface area contributed by atoms with Crippen molar-refractivity contribution in [1.29, 1.82) is 0 Å². The van der Waals surface area contributed by atoms with E-state index >= 15 is 0 Å². The van der Waals surface area contributed by atoms with Crippen LogP contribution in [0.25, 0.3) is 0 Å². The summed E-state index contributed by atoms with van der Waals surface area (Å²) >= 11 is 0. The van der Waals surface area contributed by atoms with Gasteiger partial charge in [0.1, 0.15) is 0 Å². The van der Waals surface area contributed by atoms with Gasteiger partial charge in [-0.05, 0) is 17.9 Å². The predicted molar refractivity (Wildman–Crippen MR) is 73.7 cm³/mol. The maximum Gasteiger partial charge on any atom is 0.230 e. The first-order chi connectivity index (χ1) is 9.24. The third kappa shape index (κ3) is 2.67. The molecule has 2 aromatic rings. The van der Waals surface area contributed by atoms with Crippen LogP contribution in [-0.4, -0.2) is 15.5 Å². The van der Waals surface area contributed by atoms with Crippen molar-refractivity contribution >= 4 is 11.9 Å². The normalized spacial score (nSPS) is 21.1. The first kappa shape index (κ1) is 12.0. The zero-order valence-corrected chi connectivity index (χ0v) is 10.9. The van der Waals surface area contributed by atoms with E-state index in [2.05, 4.69) is 29.4 Å². The number of anilines is 1. The summed E-state index contributed by atoms with van der Waals surface area (Å²) in [6.45, 7) is 2.82. The number of carbonyl (C=O) groups excluding carboxylic acids is 1. The fourth-order valence-electron chi connectivity index (χ4n) is 2.23. The predicted octanol–water partition coefficient (Wildman–Crippen LogP) is 2.53. The van der Waals surface area contributed by atoms with Gasteiger partial charge in [0.2, 0.25) is 11.9 Å². The molecule has 1 heterocycles. The van der Waals surface area contributed by atoms with Crippen LogP contribution in [0, 0.1) is 11.8 Å². The topological polar surface area (TPSA) is 46.9 Å². The van der Waals surface area contributed by atoms with E-state index in [0.717, 1.165) is 13.0 Å². The van der Waals surface area contributed by atoms with Crippen LogP contribution in [0.15, 0.2) is 42.7 Å². The van der Waals surface area contributed by atoms with Gasteiger partial charge in [0.15, 0.2) is 0 Å². The molecule has 1 aromatic heterocycles. The van der Waals surface area contributed by atoms with Gasteiger partial charge in [0, 0.05) is 18.3 Å². The van der Waals surface area contributed by atoms with Crippen LogP contribution in [0.5, 0.6) is 0 Å². The van der Waals surface area contributed by atoms with Crippen molar-refractivity contribution < 1.29 is 4.79 Å². The van der Waals surface area contributed by atoms with Crippen molar-refractivity contribution in [3.63, 3.8) is 0 Å². The summed E-state index contributed by atoms with van der Waals surface area (Å²) in [4.78, 5) is 16.1. The van der Waals surface area contributed by atoms with Gasteiger partial charge in [-0.2, -0.15) is 0 Å². The lowest BCUT2D eigenvalue weighted by molar-refractivity contribution is -0.117. The largest absolute Gasteiger partial charge is 0.313 e. The molecule has 0 aliphatic heterocycles. The number of hydrogen-bond acceptors (Lipinski definition) is 2. The Morgan fingerprint density at radius 3 is 2.84 bits per heavy atom. The second-order valence-electron chi connectivity index (χ2n) is 5.17. The van der Waals surface area contributed by atoms with Gasteiger partial charge < -0.3 is 4.57 Å². The van der Waals surface area contributed by atoms with E-state index in [0.29, 0.717) is 11.9 Å². The summed E-state index contributed by atoms with van der Waals surface area (Å²) < 4.78 is 1.96. The zero-order chi connectivity index (χ0) is 13.2. The number of aromatic nitrogens is 2. The molecule has 1 fully saturated rings. The molecular formula is C15H17N3O. The molecule has 0 unspecified atom stereocenters. The molecule has 0 spiro atoms. The van der Waals surface area contributed by atoms with Crippen LogP contribution < -0.4 is 5.32 Å². The lowest BCUT2D eigenvalue weighted by Crippen LogP contribution is -2.18. The van der Waals surface area contributed by atoms with Crippen molar-refractivity contribution in [2.75, 3.05) is 5.32 Å². The molecule has 2 atom stereocenters. The minimum Gasteiger partial charge on any atom is -0.313 e. The van der Waals surface area contributed by atoms with Crippen molar-refractivity contribution in [3.05, 3.63) is 48.3 Å². The number of hydrogen-bond donors (Lipinski definition) is 1. The van der Waals surface area contributed by atoms with Crippen molar-refractivity contribution in [2.45, 2.75) is 19.9 Å². The lowest BCUT2D eigenvalue weighted by Gasteiger charge is -2.08. The number of nitrogens with zero attached hydrogens (tertiary/aromatic N) is 2. The Labute approximate surface area is 112 Å². The number of nitrogens with one attached hydrogen (secondary N) is 1. The zero-order valence-electron chi connectivity index (χ0n) is 10.9. The summed E-state index contributed by atoms with van der Waals surface area (Å²) in [5.74, 6) is 1.40. The summed E-state index contributed by atoms with van der Waals surface area (Å²) in [6.07, 6.45) is 4.60. The standard InChI is InChI=1S/C15H17N3O/c1-11-9-13(11)14(19)17-15-16-7-8-18(15)10-12-5-3-2-4-6-12/h2-8,11,13H,9-10H2,1H3,(H,16,17,19)/t11-,13-/m0/s1. The Balaban J connectivity index is 1.70. The summed E-state index contributed by atoms with van der Waals surface area (Å²) in [7, 11) is 0. The number of imidazole rings is 1. The molecule has 1 amide bonds. The minimum absolute atomic E-state index is 0.0908. The number of rotatable bonds is 4. The van der Waals surface area contributed by atoms with Crippen LogP contribution in [0.2, 0.25) is 0 Å². The molecule has 0 radical (unpaired) electrons. The highest BCUT2D eigenvalue weighted by molar-refractivity contribution is 5.93. The Bertz CT molecular complexity index is 576. The Morgan fingerprint density at radius 2 is 2.16 bits per heavy atom. The fraction of sp³-hybridized carbons (Fsp3) is 0.333. The minimum atomic E-state index is 0.0908. The Hall–Kier alpha value is -2.10. The van der Waals surface area contributed by atoms with E-state index in [9.17, 15) is 4.79 Å². The van der Waals surface area contributed by atoms with E-state index in [4.69, 9.17) is 0 Å². The maximum atomic E-state index is 11.9. The summed E-state index contributed by atoms with van der Waals surface area (Å²) in [5.41, 5.74) is 1.19. The summed E-state index contributed by atoms with van der Waals surface area (Å²) in [5, 5.41) is 2.92. The van der Waals surface area contributed by atoms with E-state index in [1.165, 1.54) is 5.56 Å². The van der Waals surface area contributed by atoms with Gasteiger partial charge in [-0.1, -0.05) is 37.3 Å². The van der Waals surface area contributed by atoms with Gasteiger partial charge in [-0.25, -0.2) is 4.98 Å². The molecule has 0 saturated heterocycles. The van der Waals surface area contributed by atoms with Crippen molar-refractivity contribution in [2.24, 2.45) is 11.8 Å². The molecular weight excluding hydrogens is 238 g/mol. The first-order valence-corrected chi connectivity index (χ1v) is 6.60. The number of benzene rings is 1. The highest BCUT2D eigenvalue weighted by atomic mass is 16.2.